The first-order chi connectivity index (χ1) is 7.22. The first-order valence-electron chi connectivity index (χ1n) is 4.94. The quantitative estimate of drug-likeness (QED) is 0.781. The predicted octanol–water partition coefficient (Wildman–Crippen LogP) is 2.47. The summed E-state index contributed by atoms with van der Waals surface area (Å²) in [6.45, 7) is 1.97. The highest BCUT2D eigenvalue weighted by molar-refractivity contribution is 7.98. The second-order valence-corrected chi connectivity index (χ2v) is 4.35. The average molecular weight is 224 g/mol. The molecule has 0 fully saturated rings. The number of rotatable bonds is 5. The Hall–Kier alpha value is -1.03. The second kappa shape index (κ2) is 6.45. The molecule has 1 amide bonds. The van der Waals surface area contributed by atoms with Gasteiger partial charge in [0, 0.05) is 12.6 Å². The molecule has 4 heteroatoms. The lowest BCUT2D eigenvalue weighted by molar-refractivity contribution is -0.116. The van der Waals surface area contributed by atoms with E-state index in [1.54, 1.807) is 18.0 Å². The van der Waals surface area contributed by atoms with E-state index in [0.717, 1.165) is 17.7 Å². The molecule has 1 N–H and O–H groups in total. The van der Waals surface area contributed by atoms with Crippen molar-refractivity contribution in [1.82, 2.24) is 4.98 Å². The van der Waals surface area contributed by atoms with Crippen LogP contribution in [-0.2, 0) is 4.79 Å². The Morgan fingerprint density at radius 3 is 2.93 bits per heavy atom. The molecule has 82 valence electrons. The SMILES string of the molecule is CSCCCC(=O)Nc1ccc(C)cn1. The van der Waals surface area contributed by atoms with Crippen LogP contribution in [-0.4, -0.2) is 22.9 Å². The summed E-state index contributed by atoms with van der Waals surface area (Å²) >= 11 is 1.76. The maximum atomic E-state index is 11.4. The Labute approximate surface area is 94.7 Å². The number of thioether (sulfide) groups is 1. The largest absolute Gasteiger partial charge is 0.311 e. The minimum absolute atomic E-state index is 0.0420. The summed E-state index contributed by atoms with van der Waals surface area (Å²) < 4.78 is 0. The van der Waals surface area contributed by atoms with E-state index < -0.39 is 0 Å². The molecule has 0 aromatic carbocycles. The van der Waals surface area contributed by atoms with Crippen LogP contribution in [0.3, 0.4) is 0 Å². The third-order valence-corrected chi connectivity index (χ3v) is 2.63. The maximum absolute atomic E-state index is 11.4. The molecule has 0 saturated heterocycles. The minimum atomic E-state index is 0.0420. The molecule has 0 aliphatic rings. The van der Waals surface area contributed by atoms with E-state index in [1.807, 2.05) is 25.3 Å². The molecule has 0 spiro atoms. The van der Waals surface area contributed by atoms with Crippen LogP contribution in [0.25, 0.3) is 0 Å². The van der Waals surface area contributed by atoms with Crippen molar-refractivity contribution in [2.24, 2.45) is 0 Å². The van der Waals surface area contributed by atoms with Crippen LogP contribution in [0.15, 0.2) is 18.3 Å². The summed E-state index contributed by atoms with van der Waals surface area (Å²) in [6, 6.07) is 3.76. The molecule has 0 aliphatic heterocycles. The van der Waals surface area contributed by atoms with Gasteiger partial charge in [-0.2, -0.15) is 11.8 Å². The number of nitrogens with one attached hydrogen (secondary N) is 1. The molecule has 3 nitrogen and oxygen atoms in total. The number of amides is 1. The van der Waals surface area contributed by atoms with E-state index in [0.29, 0.717) is 12.2 Å². The van der Waals surface area contributed by atoms with Gasteiger partial charge in [-0.15, -0.1) is 0 Å². The fraction of sp³-hybridized carbons (Fsp3) is 0.455. The molecular formula is C11H16N2OS. The summed E-state index contributed by atoms with van der Waals surface area (Å²) in [7, 11) is 0. The van der Waals surface area contributed by atoms with Gasteiger partial charge in [0.05, 0.1) is 0 Å². The first kappa shape index (κ1) is 12.0. The van der Waals surface area contributed by atoms with Crippen LogP contribution in [0.1, 0.15) is 18.4 Å². The van der Waals surface area contributed by atoms with Gasteiger partial charge in [-0.3, -0.25) is 4.79 Å². The van der Waals surface area contributed by atoms with Gasteiger partial charge in [0.1, 0.15) is 5.82 Å². The smallest absolute Gasteiger partial charge is 0.225 e. The number of nitrogens with zero attached hydrogens (tertiary/aromatic N) is 1. The fourth-order valence-corrected chi connectivity index (χ4v) is 1.56. The van der Waals surface area contributed by atoms with E-state index in [4.69, 9.17) is 0 Å². The number of hydrogen-bond acceptors (Lipinski definition) is 3. The van der Waals surface area contributed by atoms with Crippen LogP contribution in [0.5, 0.6) is 0 Å². The summed E-state index contributed by atoms with van der Waals surface area (Å²) in [6.07, 6.45) is 5.27. The molecule has 1 aromatic rings. The lowest BCUT2D eigenvalue weighted by atomic mass is 10.3. The average Bonchev–Trinajstić information content (AvgIpc) is 2.22. The van der Waals surface area contributed by atoms with Crippen molar-refractivity contribution < 1.29 is 4.79 Å². The van der Waals surface area contributed by atoms with Gasteiger partial charge >= 0.3 is 0 Å². The summed E-state index contributed by atoms with van der Waals surface area (Å²) in [4.78, 5) is 15.5. The number of carbonyl (C=O) groups is 1. The van der Waals surface area contributed by atoms with Gasteiger partial charge in [0.2, 0.25) is 5.91 Å². The number of aryl methyl sites for hydroxylation is 1. The minimum Gasteiger partial charge on any atom is -0.311 e. The predicted molar refractivity (Wildman–Crippen MR) is 65.2 cm³/mol. The molecule has 1 heterocycles. The Kier molecular flexibility index (Phi) is 5.18. The highest BCUT2D eigenvalue weighted by Crippen LogP contribution is 2.06. The zero-order valence-electron chi connectivity index (χ0n) is 9.12. The van der Waals surface area contributed by atoms with Crippen LogP contribution in [0.4, 0.5) is 5.82 Å². The Balaban J connectivity index is 2.34. The molecule has 0 atom stereocenters. The molecule has 0 bridgehead atoms. The van der Waals surface area contributed by atoms with E-state index in [1.165, 1.54) is 0 Å². The van der Waals surface area contributed by atoms with Gasteiger partial charge in [-0.05, 0) is 37.0 Å². The van der Waals surface area contributed by atoms with Crippen LogP contribution in [0, 0.1) is 6.92 Å². The highest BCUT2D eigenvalue weighted by Gasteiger charge is 2.01. The third-order valence-electron chi connectivity index (χ3n) is 1.93. The molecular weight excluding hydrogens is 208 g/mol. The number of anilines is 1. The lowest BCUT2D eigenvalue weighted by Gasteiger charge is -2.03. The summed E-state index contributed by atoms with van der Waals surface area (Å²) in [5.74, 6) is 1.70. The number of pyridine rings is 1. The Morgan fingerprint density at radius 1 is 1.53 bits per heavy atom. The van der Waals surface area contributed by atoms with Crippen LogP contribution >= 0.6 is 11.8 Å². The van der Waals surface area contributed by atoms with Crippen molar-refractivity contribution in [2.45, 2.75) is 19.8 Å². The standard InChI is InChI=1S/C11H16N2OS/c1-9-5-6-10(12-8-9)13-11(14)4-3-7-15-2/h5-6,8H,3-4,7H2,1-2H3,(H,12,13,14). The lowest BCUT2D eigenvalue weighted by Crippen LogP contribution is -2.12. The molecule has 0 unspecified atom stereocenters. The van der Waals surface area contributed by atoms with Crippen molar-refractivity contribution in [2.75, 3.05) is 17.3 Å². The maximum Gasteiger partial charge on any atom is 0.225 e. The molecule has 15 heavy (non-hydrogen) atoms. The molecule has 0 radical (unpaired) electrons. The van der Waals surface area contributed by atoms with Gasteiger partial charge in [0.15, 0.2) is 0 Å². The van der Waals surface area contributed by atoms with Crippen LogP contribution < -0.4 is 5.32 Å². The van der Waals surface area contributed by atoms with Crippen molar-refractivity contribution in [3.8, 4) is 0 Å². The van der Waals surface area contributed by atoms with Crippen molar-refractivity contribution in [1.29, 1.82) is 0 Å². The molecule has 0 aliphatic carbocycles. The molecule has 1 rings (SSSR count). The third kappa shape index (κ3) is 4.83. The normalized spacial score (nSPS) is 10.0. The van der Waals surface area contributed by atoms with Gasteiger partial charge < -0.3 is 5.32 Å². The first-order valence-corrected chi connectivity index (χ1v) is 6.33. The zero-order chi connectivity index (χ0) is 11.1. The van der Waals surface area contributed by atoms with E-state index >= 15 is 0 Å². The van der Waals surface area contributed by atoms with E-state index in [2.05, 4.69) is 10.3 Å². The zero-order valence-corrected chi connectivity index (χ0v) is 9.93. The molecule has 1 aromatic heterocycles. The monoisotopic (exact) mass is 224 g/mol. The van der Waals surface area contributed by atoms with E-state index in [-0.39, 0.29) is 5.91 Å². The van der Waals surface area contributed by atoms with Crippen molar-refractivity contribution in [3.63, 3.8) is 0 Å². The van der Waals surface area contributed by atoms with E-state index in [9.17, 15) is 4.79 Å². The fourth-order valence-electron chi connectivity index (χ4n) is 1.12. The number of aromatic nitrogens is 1. The topological polar surface area (TPSA) is 42.0 Å². The van der Waals surface area contributed by atoms with Gasteiger partial charge in [0.25, 0.3) is 0 Å². The van der Waals surface area contributed by atoms with Crippen molar-refractivity contribution in [3.05, 3.63) is 23.9 Å². The van der Waals surface area contributed by atoms with Gasteiger partial charge in [-0.1, -0.05) is 6.07 Å². The summed E-state index contributed by atoms with van der Waals surface area (Å²) in [5, 5.41) is 2.77. The Morgan fingerprint density at radius 2 is 2.33 bits per heavy atom. The van der Waals surface area contributed by atoms with Crippen molar-refractivity contribution >= 4 is 23.5 Å². The van der Waals surface area contributed by atoms with Crippen LogP contribution in [0.2, 0.25) is 0 Å². The highest BCUT2D eigenvalue weighted by atomic mass is 32.2. The summed E-state index contributed by atoms with van der Waals surface area (Å²) in [5.41, 5.74) is 1.09. The number of hydrogen-bond donors (Lipinski definition) is 1. The molecule has 0 saturated carbocycles. The second-order valence-electron chi connectivity index (χ2n) is 3.37. The number of carbonyl (C=O) groups excluding carboxylic acids is 1. The van der Waals surface area contributed by atoms with Gasteiger partial charge in [-0.25, -0.2) is 4.98 Å². The Bertz CT molecular complexity index is 311.